The van der Waals surface area contributed by atoms with Crippen molar-refractivity contribution in [2.45, 2.75) is 51.3 Å². The second-order valence-corrected chi connectivity index (χ2v) is 12.2. The van der Waals surface area contributed by atoms with Crippen LogP contribution in [0.3, 0.4) is 0 Å². The van der Waals surface area contributed by atoms with Crippen LogP contribution in [0.2, 0.25) is 0 Å². The quantitative estimate of drug-likeness (QED) is 0.228. The Balaban J connectivity index is 0.00000253. The number of rotatable bonds is 12. The van der Waals surface area contributed by atoms with Crippen molar-refractivity contribution in [1.82, 2.24) is 10.2 Å². The van der Waals surface area contributed by atoms with Gasteiger partial charge in [0.05, 0.1) is 0 Å². The first-order chi connectivity index (χ1) is 19.6. The maximum absolute atomic E-state index is 13.9. The molecule has 5 rings (SSSR count). The van der Waals surface area contributed by atoms with Crippen molar-refractivity contribution in [3.05, 3.63) is 95.1 Å². The molecular weight excluding hydrogens is 597 g/mol. The maximum atomic E-state index is 13.9. The van der Waals surface area contributed by atoms with Crippen molar-refractivity contribution in [3.8, 4) is 11.5 Å². The number of halogens is 4. The zero-order valence-electron chi connectivity index (χ0n) is 24.6. The van der Waals surface area contributed by atoms with Gasteiger partial charge in [-0.3, -0.25) is 4.90 Å². The number of nitrogens with one attached hydrogen (secondary N) is 1. The number of carbonyl (C=O) groups is 1. The first kappa shape index (κ1) is 34.6. The van der Waals surface area contributed by atoms with Gasteiger partial charge in [-0.25, -0.2) is 13.6 Å². The van der Waals surface area contributed by atoms with Crippen molar-refractivity contribution in [2.75, 3.05) is 26.2 Å². The Bertz CT molecular complexity index is 1340. The Hall–Kier alpha value is -2.91. The predicted octanol–water partition coefficient (Wildman–Crippen LogP) is 6.28. The molecule has 2 fully saturated rings. The Morgan fingerprint density at radius 1 is 0.977 bits per heavy atom. The molecule has 0 aromatic heterocycles. The van der Waals surface area contributed by atoms with Gasteiger partial charge in [0.25, 0.3) is 0 Å². The highest BCUT2D eigenvalue weighted by molar-refractivity contribution is 5.85. The predicted molar refractivity (Wildman–Crippen MR) is 168 cm³/mol. The van der Waals surface area contributed by atoms with Gasteiger partial charge in [0.15, 0.2) is 6.10 Å². The van der Waals surface area contributed by atoms with Crippen LogP contribution in [-0.2, 0) is 23.2 Å². The lowest BCUT2D eigenvalue weighted by atomic mass is 9.87. The van der Waals surface area contributed by atoms with Gasteiger partial charge in [0.2, 0.25) is 0 Å². The van der Waals surface area contributed by atoms with Crippen LogP contribution in [0.4, 0.5) is 8.78 Å². The third-order valence-electron chi connectivity index (χ3n) is 8.05. The average molecular weight is 638 g/mol. The van der Waals surface area contributed by atoms with Crippen molar-refractivity contribution in [2.24, 2.45) is 11.8 Å². The number of likely N-dealkylation sites (tertiary alicyclic amines) is 1. The van der Waals surface area contributed by atoms with Gasteiger partial charge >= 0.3 is 5.97 Å². The largest absolute Gasteiger partial charge is 0.492 e. The first-order valence-electron chi connectivity index (χ1n) is 14.2. The van der Waals surface area contributed by atoms with Crippen molar-refractivity contribution in [3.63, 3.8) is 0 Å². The van der Waals surface area contributed by atoms with Gasteiger partial charge in [-0.1, -0.05) is 51.1 Å². The monoisotopic (exact) mass is 636 g/mol. The number of aliphatic carboxylic acids is 1. The van der Waals surface area contributed by atoms with Crippen molar-refractivity contribution in [1.29, 1.82) is 0 Å². The summed E-state index contributed by atoms with van der Waals surface area (Å²) in [5.41, 5.74) is 2.56. The minimum absolute atomic E-state index is 0. The zero-order chi connectivity index (χ0) is 29.1. The van der Waals surface area contributed by atoms with Gasteiger partial charge in [0, 0.05) is 50.3 Å². The molecule has 2 aliphatic rings. The summed E-state index contributed by atoms with van der Waals surface area (Å²) in [6.07, 6.45) is -0.747. The van der Waals surface area contributed by atoms with Gasteiger partial charge in [-0.05, 0) is 58.7 Å². The summed E-state index contributed by atoms with van der Waals surface area (Å²) < 4.78 is 38.7. The van der Waals surface area contributed by atoms with E-state index in [2.05, 4.69) is 31.0 Å². The number of piperidine rings is 1. The van der Waals surface area contributed by atoms with Crippen LogP contribution in [0, 0.1) is 23.5 Å². The van der Waals surface area contributed by atoms with Crippen LogP contribution in [0.1, 0.15) is 37.5 Å². The first-order valence-corrected chi connectivity index (χ1v) is 14.2. The molecule has 1 aliphatic carbocycles. The lowest BCUT2D eigenvalue weighted by molar-refractivity contribution is -0.145. The van der Waals surface area contributed by atoms with Crippen LogP contribution >= 0.6 is 24.8 Å². The summed E-state index contributed by atoms with van der Waals surface area (Å²) in [5, 5.41) is 13.3. The normalized spacial score (nSPS) is 19.9. The summed E-state index contributed by atoms with van der Waals surface area (Å²) >= 11 is 0. The van der Waals surface area contributed by atoms with Crippen LogP contribution in [-0.4, -0.2) is 54.4 Å². The molecule has 2 unspecified atom stereocenters. The van der Waals surface area contributed by atoms with Crippen LogP contribution in [0.5, 0.6) is 11.5 Å². The van der Waals surface area contributed by atoms with E-state index in [0.717, 1.165) is 42.6 Å². The molecule has 1 saturated heterocycles. The Morgan fingerprint density at radius 2 is 1.60 bits per heavy atom. The Labute approximate surface area is 264 Å². The molecule has 6 nitrogen and oxygen atoms in total. The lowest BCUT2D eigenvalue weighted by Gasteiger charge is -2.20. The van der Waals surface area contributed by atoms with E-state index < -0.39 is 23.7 Å². The van der Waals surface area contributed by atoms with E-state index >= 15 is 0 Å². The second-order valence-electron chi connectivity index (χ2n) is 12.2. The van der Waals surface area contributed by atoms with Crippen molar-refractivity contribution >= 4 is 30.8 Å². The number of ether oxygens (including phenoxy) is 2. The zero-order valence-corrected chi connectivity index (χ0v) is 26.2. The number of fused-ring (bicyclic) bond motifs is 1. The molecule has 4 atom stereocenters. The summed E-state index contributed by atoms with van der Waals surface area (Å²) in [5.74, 6) is 0.330. The fourth-order valence-electron chi connectivity index (χ4n) is 5.64. The number of hydrogen-bond acceptors (Lipinski definition) is 5. The molecule has 43 heavy (non-hydrogen) atoms. The number of nitrogens with zero attached hydrogens (tertiary/aromatic N) is 1. The molecule has 1 aliphatic heterocycles. The number of carboxylic acids is 1. The molecule has 1 heterocycles. The maximum Gasteiger partial charge on any atom is 0.345 e. The van der Waals surface area contributed by atoms with Gasteiger partial charge < -0.3 is 19.9 Å². The molecule has 0 amide bonds. The van der Waals surface area contributed by atoms with E-state index in [1.54, 1.807) is 0 Å². The Kier molecular flexibility index (Phi) is 11.8. The lowest BCUT2D eigenvalue weighted by Crippen LogP contribution is -2.33. The SMILES string of the molecule is CC(C)(C)c1ccc(O[C@@H](Cc2ccc(OCCNC3C4CN(Cc5ccc(F)cc5F)C[C@@H]43)cc2)C(=O)O)cc1.Cl.Cl. The highest BCUT2D eigenvalue weighted by atomic mass is 35.5. The topological polar surface area (TPSA) is 71.0 Å². The van der Waals surface area contributed by atoms with Crippen LogP contribution in [0.25, 0.3) is 0 Å². The van der Waals surface area contributed by atoms with Gasteiger partial charge in [-0.15, -0.1) is 24.8 Å². The minimum atomic E-state index is -1.01. The van der Waals surface area contributed by atoms with E-state index in [4.69, 9.17) is 9.47 Å². The molecule has 234 valence electrons. The average Bonchev–Trinajstić information content (AvgIpc) is 3.37. The molecule has 3 aromatic rings. The molecule has 1 saturated carbocycles. The fraction of sp³-hybridized carbons (Fsp3) is 0.424. The second kappa shape index (κ2) is 14.7. The third-order valence-corrected chi connectivity index (χ3v) is 8.05. The Morgan fingerprint density at radius 3 is 2.19 bits per heavy atom. The number of carboxylic acid groups (broad SMARTS) is 1. The molecule has 2 N–H and O–H groups in total. The fourth-order valence-corrected chi connectivity index (χ4v) is 5.64. The molecular formula is C33H40Cl2F2N2O4. The third kappa shape index (κ3) is 9.05. The van der Waals surface area contributed by atoms with E-state index in [0.29, 0.717) is 42.3 Å². The van der Waals surface area contributed by atoms with Crippen molar-refractivity contribution < 1.29 is 28.2 Å². The molecule has 0 spiro atoms. The molecule has 3 aromatic carbocycles. The summed E-state index contributed by atoms with van der Waals surface area (Å²) in [6, 6.07) is 19.3. The minimum Gasteiger partial charge on any atom is -0.492 e. The highest BCUT2D eigenvalue weighted by Crippen LogP contribution is 2.45. The van der Waals surface area contributed by atoms with Gasteiger partial charge in [0.1, 0.15) is 29.7 Å². The van der Waals surface area contributed by atoms with E-state index in [9.17, 15) is 18.7 Å². The summed E-state index contributed by atoms with van der Waals surface area (Å²) in [7, 11) is 0. The standard InChI is InChI=1S/C33H38F2N2O4.2ClH/c1-33(2,3)23-7-12-26(13-8-23)41-30(32(38)39)16-21-4-10-25(11-5-21)40-15-14-36-31-27-19-37(20-28(27)31)18-22-6-9-24(34)17-29(22)35;;/h4-13,17,27-28,30-31,36H,14-16,18-20H2,1-3H3,(H,38,39);2*1H/t27-,28?,30-,31?;;/m0../s1. The number of benzene rings is 3. The molecule has 10 heteroatoms. The smallest absolute Gasteiger partial charge is 0.345 e. The molecule has 0 bridgehead atoms. The van der Waals surface area contributed by atoms with E-state index in [1.807, 2.05) is 48.5 Å². The van der Waals surface area contributed by atoms with E-state index in [1.165, 1.54) is 12.1 Å². The summed E-state index contributed by atoms with van der Waals surface area (Å²) in [6.45, 7) is 9.94. The summed E-state index contributed by atoms with van der Waals surface area (Å²) in [4.78, 5) is 14.1. The van der Waals surface area contributed by atoms with E-state index in [-0.39, 0.29) is 36.6 Å². The van der Waals surface area contributed by atoms with Crippen LogP contribution < -0.4 is 14.8 Å². The van der Waals surface area contributed by atoms with Crippen LogP contribution in [0.15, 0.2) is 66.7 Å². The number of hydrogen-bond donors (Lipinski definition) is 2. The molecule has 0 radical (unpaired) electrons. The highest BCUT2D eigenvalue weighted by Gasteiger charge is 2.55. The van der Waals surface area contributed by atoms with Gasteiger partial charge in [-0.2, -0.15) is 0 Å².